The van der Waals surface area contributed by atoms with E-state index in [1.54, 1.807) is 4.90 Å². The number of ether oxygens (including phenoxy) is 1. The van der Waals surface area contributed by atoms with Crippen molar-refractivity contribution in [2.45, 2.75) is 25.5 Å². The highest BCUT2D eigenvalue weighted by Crippen LogP contribution is 2.24. The number of carbonyl (C=O) groups excluding carboxylic acids is 1. The van der Waals surface area contributed by atoms with Gasteiger partial charge < -0.3 is 9.64 Å². The fourth-order valence-corrected chi connectivity index (χ4v) is 2.65. The molecule has 1 saturated heterocycles. The molecule has 2 aliphatic heterocycles. The first kappa shape index (κ1) is 11.5. The molecule has 1 aromatic rings. The van der Waals surface area contributed by atoms with Gasteiger partial charge in [0.2, 0.25) is 0 Å². The third kappa shape index (κ3) is 2.20. The van der Waals surface area contributed by atoms with Crippen molar-refractivity contribution in [1.29, 1.82) is 0 Å². The van der Waals surface area contributed by atoms with Gasteiger partial charge in [-0.1, -0.05) is 24.3 Å². The third-order valence-electron chi connectivity index (χ3n) is 3.64. The zero-order valence-corrected chi connectivity index (χ0v) is 10.4. The molecule has 3 rings (SSSR count). The van der Waals surface area contributed by atoms with Gasteiger partial charge in [0.15, 0.2) is 6.23 Å². The fraction of sp³-hybridized carbons (Fsp3) is 0.500. The molecule has 1 amide bonds. The first-order valence-electron chi connectivity index (χ1n) is 6.61. The molecule has 1 N–H and O–H groups in total. The van der Waals surface area contributed by atoms with E-state index in [0.717, 1.165) is 44.5 Å². The number of amides is 1. The molecule has 0 spiro atoms. The van der Waals surface area contributed by atoms with Crippen LogP contribution in [0.25, 0.3) is 0 Å². The smallest absolute Gasteiger partial charge is 0.411 e. The van der Waals surface area contributed by atoms with Crippen LogP contribution in [0.1, 0.15) is 30.2 Å². The van der Waals surface area contributed by atoms with Gasteiger partial charge in [0.25, 0.3) is 0 Å². The zero-order chi connectivity index (χ0) is 12.4. The molecule has 4 heteroatoms. The maximum absolute atomic E-state index is 12.0. The molecule has 1 fully saturated rings. The van der Waals surface area contributed by atoms with E-state index in [-0.39, 0.29) is 12.3 Å². The molecule has 0 aromatic heterocycles. The summed E-state index contributed by atoms with van der Waals surface area (Å²) in [6.45, 7) is 2.51. The van der Waals surface area contributed by atoms with Gasteiger partial charge in [-0.15, -0.1) is 0 Å². The molecule has 0 radical (unpaired) electrons. The van der Waals surface area contributed by atoms with Crippen molar-refractivity contribution in [1.82, 2.24) is 10.2 Å². The van der Waals surface area contributed by atoms with E-state index in [1.807, 2.05) is 18.2 Å². The van der Waals surface area contributed by atoms with Gasteiger partial charge in [-0.25, -0.2) is 4.79 Å². The third-order valence-corrected chi connectivity index (χ3v) is 3.64. The summed E-state index contributed by atoms with van der Waals surface area (Å²) >= 11 is 0. The number of likely N-dealkylation sites (tertiary alicyclic amines) is 1. The number of carbonyl (C=O) groups is 1. The van der Waals surface area contributed by atoms with Gasteiger partial charge in [0, 0.05) is 25.2 Å². The van der Waals surface area contributed by atoms with Crippen LogP contribution >= 0.6 is 0 Å². The van der Waals surface area contributed by atoms with Crippen molar-refractivity contribution in [2.24, 2.45) is 0 Å². The maximum atomic E-state index is 12.0. The molecule has 0 aliphatic carbocycles. The molecule has 2 aliphatic rings. The van der Waals surface area contributed by atoms with E-state index in [0.29, 0.717) is 0 Å². The second-order valence-corrected chi connectivity index (χ2v) is 4.86. The summed E-state index contributed by atoms with van der Waals surface area (Å²) < 4.78 is 5.58. The Morgan fingerprint density at radius 1 is 1.28 bits per heavy atom. The molecule has 2 heterocycles. The molecule has 1 atom stereocenters. The van der Waals surface area contributed by atoms with Crippen molar-refractivity contribution < 1.29 is 9.53 Å². The van der Waals surface area contributed by atoms with Crippen LogP contribution in [-0.2, 0) is 11.2 Å². The Morgan fingerprint density at radius 3 is 2.89 bits per heavy atom. The number of hydrogen-bond donors (Lipinski definition) is 1. The maximum Gasteiger partial charge on any atom is 0.411 e. The average Bonchev–Trinajstić information content (AvgIpc) is 2.93. The van der Waals surface area contributed by atoms with Gasteiger partial charge in [-0.2, -0.15) is 0 Å². The first-order chi connectivity index (χ1) is 8.84. The summed E-state index contributed by atoms with van der Waals surface area (Å²) in [7, 11) is 0. The zero-order valence-electron chi connectivity index (χ0n) is 10.4. The summed E-state index contributed by atoms with van der Waals surface area (Å²) in [5.74, 6) is 0. The highest BCUT2D eigenvalue weighted by atomic mass is 16.6. The van der Waals surface area contributed by atoms with Gasteiger partial charge in [-0.05, 0) is 24.8 Å². The quantitative estimate of drug-likeness (QED) is 0.824. The first-order valence-corrected chi connectivity index (χ1v) is 6.61. The molecular formula is C14H18N2O2. The van der Waals surface area contributed by atoms with Crippen molar-refractivity contribution in [2.75, 3.05) is 19.6 Å². The van der Waals surface area contributed by atoms with Crippen LogP contribution in [-0.4, -0.2) is 30.6 Å². The minimum absolute atomic E-state index is 0.193. The number of nitrogens with one attached hydrogen (secondary N) is 1. The van der Waals surface area contributed by atoms with E-state index in [4.69, 9.17) is 4.74 Å². The van der Waals surface area contributed by atoms with Crippen molar-refractivity contribution >= 4 is 6.09 Å². The number of nitrogens with zero attached hydrogens (tertiary/aromatic N) is 1. The highest BCUT2D eigenvalue weighted by molar-refractivity contribution is 5.68. The van der Waals surface area contributed by atoms with Crippen LogP contribution < -0.4 is 5.32 Å². The SMILES string of the molecule is O=C(OC1NCCc2ccccc21)N1CCCC1. The molecule has 96 valence electrons. The van der Waals surface area contributed by atoms with Crippen LogP contribution in [0.3, 0.4) is 0 Å². The number of fused-ring (bicyclic) bond motifs is 1. The Balaban J connectivity index is 1.72. The largest absolute Gasteiger partial charge is 0.426 e. The van der Waals surface area contributed by atoms with E-state index in [2.05, 4.69) is 11.4 Å². The summed E-state index contributed by atoms with van der Waals surface area (Å²) in [4.78, 5) is 13.8. The second-order valence-electron chi connectivity index (χ2n) is 4.86. The van der Waals surface area contributed by atoms with Crippen molar-refractivity contribution in [3.8, 4) is 0 Å². The predicted molar refractivity (Wildman–Crippen MR) is 68.2 cm³/mol. The lowest BCUT2D eigenvalue weighted by molar-refractivity contribution is 0.0486. The number of benzene rings is 1. The van der Waals surface area contributed by atoms with E-state index < -0.39 is 0 Å². The predicted octanol–water partition coefficient (Wildman–Crippen LogP) is 2.06. The second kappa shape index (κ2) is 4.98. The Bertz CT molecular complexity index is 441. The van der Waals surface area contributed by atoms with Gasteiger partial charge in [0.1, 0.15) is 0 Å². The lowest BCUT2D eigenvalue weighted by Gasteiger charge is -2.28. The van der Waals surface area contributed by atoms with Crippen LogP contribution in [0.15, 0.2) is 24.3 Å². The van der Waals surface area contributed by atoms with Crippen LogP contribution in [0.4, 0.5) is 4.79 Å². The van der Waals surface area contributed by atoms with Gasteiger partial charge in [-0.3, -0.25) is 5.32 Å². The summed E-state index contributed by atoms with van der Waals surface area (Å²) in [6.07, 6.45) is 2.69. The Morgan fingerprint density at radius 2 is 2.06 bits per heavy atom. The van der Waals surface area contributed by atoms with Crippen molar-refractivity contribution in [3.05, 3.63) is 35.4 Å². The van der Waals surface area contributed by atoms with E-state index >= 15 is 0 Å². The molecule has 0 saturated carbocycles. The van der Waals surface area contributed by atoms with E-state index in [9.17, 15) is 4.79 Å². The van der Waals surface area contributed by atoms with Gasteiger partial charge >= 0.3 is 6.09 Å². The van der Waals surface area contributed by atoms with E-state index in [1.165, 1.54) is 5.56 Å². The molecule has 1 aromatic carbocycles. The Hall–Kier alpha value is -1.55. The molecule has 0 bridgehead atoms. The Kier molecular flexibility index (Phi) is 3.19. The number of rotatable bonds is 1. The molecule has 1 unspecified atom stereocenters. The lowest BCUT2D eigenvalue weighted by Crippen LogP contribution is -2.37. The van der Waals surface area contributed by atoms with Crippen LogP contribution in [0.5, 0.6) is 0 Å². The van der Waals surface area contributed by atoms with Gasteiger partial charge in [0.05, 0.1) is 0 Å². The average molecular weight is 246 g/mol. The molecule has 18 heavy (non-hydrogen) atoms. The normalized spacial score (nSPS) is 22.7. The highest BCUT2D eigenvalue weighted by Gasteiger charge is 2.26. The molecular weight excluding hydrogens is 228 g/mol. The Labute approximate surface area is 107 Å². The standard InChI is InChI=1S/C14H18N2O2/c17-14(16-9-3-4-10-16)18-13-12-6-2-1-5-11(12)7-8-15-13/h1-2,5-6,13,15H,3-4,7-10H2. The summed E-state index contributed by atoms with van der Waals surface area (Å²) in [5.41, 5.74) is 2.37. The topological polar surface area (TPSA) is 41.6 Å². The minimum Gasteiger partial charge on any atom is -0.426 e. The number of hydrogen-bond acceptors (Lipinski definition) is 3. The molecule has 4 nitrogen and oxygen atoms in total. The summed E-state index contributed by atoms with van der Waals surface area (Å²) in [6, 6.07) is 8.16. The lowest BCUT2D eigenvalue weighted by atomic mass is 10.00. The van der Waals surface area contributed by atoms with Crippen LogP contribution in [0.2, 0.25) is 0 Å². The monoisotopic (exact) mass is 246 g/mol. The fourth-order valence-electron chi connectivity index (χ4n) is 2.65. The minimum atomic E-state index is -0.289. The van der Waals surface area contributed by atoms with Crippen molar-refractivity contribution in [3.63, 3.8) is 0 Å². The summed E-state index contributed by atoms with van der Waals surface area (Å²) in [5, 5.41) is 3.26. The van der Waals surface area contributed by atoms with Crippen LogP contribution in [0, 0.1) is 0 Å².